The Balaban J connectivity index is 1.97. The molecule has 0 unspecified atom stereocenters. The predicted octanol–water partition coefficient (Wildman–Crippen LogP) is 2.16. The van der Waals surface area contributed by atoms with Crippen molar-refractivity contribution in [3.05, 3.63) is 11.9 Å². The fraction of sp³-hybridized carbons (Fsp3) is 0.812. The third kappa shape index (κ3) is 4.53. The summed E-state index contributed by atoms with van der Waals surface area (Å²) in [4.78, 5) is 0. The van der Waals surface area contributed by atoms with E-state index in [9.17, 15) is 0 Å². The minimum absolute atomic E-state index is 0.335. The quantitative estimate of drug-likeness (QED) is 0.587. The average Bonchev–Trinajstić information content (AvgIpc) is 2.82. The first-order valence-corrected chi connectivity index (χ1v) is 11.1. The largest absolute Gasteiger partial charge is 0.498 e. The molecule has 2 heterocycles. The zero-order chi connectivity index (χ0) is 17.5. The van der Waals surface area contributed by atoms with E-state index in [1.165, 1.54) is 0 Å². The topological polar surface area (TPSA) is 45.5 Å². The molecule has 0 radical (unpaired) electrons. The number of ether oxygens (including phenoxy) is 1. The highest BCUT2D eigenvalue weighted by Crippen LogP contribution is 2.36. The zero-order valence-corrected chi connectivity index (χ0v) is 16.6. The molecular weight excluding hydrogens is 311 g/mol. The highest BCUT2D eigenvalue weighted by atomic mass is 32.3. The van der Waals surface area contributed by atoms with E-state index in [1.54, 1.807) is 0 Å². The van der Waals surface area contributed by atoms with Gasteiger partial charge in [0.1, 0.15) is 6.73 Å². The molecule has 0 aliphatic carbocycles. The molecule has 0 spiro atoms. The van der Waals surface area contributed by atoms with Crippen LogP contribution in [0.3, 0.4) is 0 Å². The molecule has 0 aromatic carbocycles. The van der Waals surface area contributed by atoms with Crippen LogP contribution in [0.25, 0.3) is 0 Å². The Kier molecular flexibility index (Phi) is 5.26. The fourth-order valence-corrected chi connectivity index (χ4v) is 2.89. The molecule has 1 aromatic heterocycles. The standard InChI is InChI=1S/C16H31BN2O3S/c1-13-14(17-21-15(2,3)16(4,5)22-17)11-19(18-13)12-20-9-10-23(6,7)8/h11H,9-10,12H2,1-8H3. The van der Waals surface area contributed by atoms with E-state index in [2.05, 4.69) is 51.6 Å². The van der Waals surface area contributed by atoms with E-state index in [1.807, 2.05) is 17.8 Å². The monoisotopic (exact) mass is 342 g/mol. The molecule has 0 amide bonds. The first kappa shape index (κ1) is 18.8. The van der Waals surface area contributed by atoms with Gasteiger partial charge in [0.05, 0.1) is 23.5 Å². The Bertz CT molecular complexity index is 536. The van der Waals surface area contributed by atoms with Gasteiger partial charge in [0.25, 0.3) is 0 Å². The minimum atomic E-state index is -0.515. The molecular formula is C16H31BN2O3S. The minimum Gasteiger partial charge on any atom is -0.399 e. The van der Waals surface area contributed by atoms with Crippen molar-refractivity contribution in [2.24, 2.45) is 0 Å². The maximum atomic E-state index is 6.10. The third-order valence-electron chi connectivity index (χ3n) is 4.56. The van der Waals surface area contributed by atoms with Gasteiger partial charge in [0.15, 0.2) is 0 Å². The van der Waals surface area contributed by atoms with Crippen molar-refractivity contribution in [3.63, 3.8) is 0 Å². The summed E-state index contributed by atoms with van der Waals surface area (Å²) in [7, 11) is -0.883. The van der Waals surface area contributed by atoms with Crippen LogP contribution in [0.2, 0.25) is 0 Å². The molecule has 0 saturated carbocycles. The Labute approximate surface area is 142 Å². The van der Waals surface area contributed by atoms with Crippen molar-refractivity contribution in [1.29, 1.82) is 0 Å². The molecule has 1 aliphatic rings. The summed E-state index contributed by atoms with van der Waals surface area (Å²) < 4.78 is 19.8. The lowest BCUT2D eigenvalue weighted by Crippen LogP contribution is -2.41. The van der Waals surface area contributed by atoms with Crippen LogP contribution < -0.4 is 5.46 Å². The summed E-state index contributed by atoms with van der Waals surface area (Å²) in [6.45, 7) is 11.5. The summed E-state index contributed by atoms with van der Waals surface area (Å²) in [5.74, 6) is 1.11. The van der Waals surface area contributed by atoms with Gasteiger partial charge in [-0.05, 0) is 53.4 Å². The fourth-order valence-electron chi connectivity index (χ4n) is 2.27. The first-order chi connectivity index (χ1) is 10.4. The Morgan fingerprint density at radius 2 is 1.74 bits per heavy atom. The molecule has 1 saturated heterocycles. The lowest BCUT2D eigenvalue weighted by atomic mass is 9.79. The number of aromatic nitrogens is 2. The van der Waals surface area contributed by atoms with Crippen molar-refractivity contribution in [3.8, 4) is 0 Å². The van der Waals surface area contributed by atoms with Crippen LogP contribution in [0.15, 0.2) is 6.20 Å². The van der Waals surface area contributed by atoms with Crippen molar-refractivity contribution >= 4 is 22.6 Å². The number of hydrogen-bond acceptors (Lipinski definition) is 4. The second-order valence-electron chi connectivity index (χ2n) is 8.13. The normalized spacial score (nSPS) is 21.0. The van der Waals surface area contributed by atoms with Crippen LogP contribution >= 0.6 is 10.0 Å². The van der Waals surface area contributed by atoms with Gasteiger partial charge in [-0.1, -0.05) is 0 Å². The smallest absolute Gasteiger partial charge is 0.399 e. The lowest BCUT2D eigenvalue weighted by molar-refractivity contribution is 0.00578. The van der Waals surface area contributed by atoms with E-state index < -0.39 is 10.0 Å². The average molecular weight is 342 g/mol. The molecule has 0 N–H and O–H groups in total. The summed E-state index contributed by atoms with van der Waals surface area (Å²) in [5.41, 5.74) is 1.23. The summed E-state index contributed by atoms with van der Waals surface area (Å²) in [6, 6.07) is 0. The highest BCUT2D eigenvalue weighted by Gasteiger charge is 2.52. The van der Waals surface area contributed by atoms with Gasteiger partial charge in [-0.3, -0.25) is 0 Å². The maximum Gasteiger partial charge on any atom is 0.498 e. The van der Waals surface area contributed by atoms with Crippen molar-refractivity contribution in [2.45, 2.75) is 52.6 Å². The van der Waals surface area contributed by atoms with Gasteiger partial charge in [0, 0.05) is 17.4 Å². The number of rotatable bonds is 6. The van der Waals surface area contributed by atoms with Crippen LogP contribution in [0.1, 0.15) is 33.4 Å². The molecule has 2 rings (SSSR count). The molecule has 0 bridgehead atoms. The van der Waals surface area contributed by atoms with Gasteiger partial charge in [0.2, 0.25) is 0 Å². The number of hydrogen-bond donors (Lipinski definition) is 0. The van der Waals surface area contributed by atoms with Crippen LogP contribution in [-0.4, -0.2) is 59.2 Å². The second kappa shape index (κ2) is 6.43. The summed E-state index contributed by atoms with van der Waals surface area (Å²) >= 11 is 0. The SMILES string of the molecule is Cc1nn(COCCS(C)(C)C)cc1B1OC(C)(C)C(C)(C)O1. The molecule has 0 atom stereocenters. The van der Waals surface area contributed by atoms with Crippen molar-refractivity contribution in [1.82, 2.24) is 9.78 Å². The molecule has 132 valence electrons. The van der Waals surface area contributed by atoms with E-state index in [-0.39, 0.29) is 18.3 Å². The highest BCUT2D eigenvalue weighted by molar-refractivity contribution is 8.32. The van der Waals surface area contributed by atoms with E-state index in [0.29, 0.717) is 6.73 Å². The van der Waals surface area contributed by atoms with Gasteiger partial charge in [-0.15, -0.1) is 0 Å². The molecule has 7 heteroatoms. The van der Waals surface area contributed by atoms with Crippen LogP contribution in [-0.2, 0) is 20.8 Å². The van der Waals surface area contributed by atoms with Crippen LogP contribution in [0.4, 0.5) is 0 Å². The molecule has 1 aliphatic heterocycles. The molecule has 1 aromatic rings. The zero-order valence-electron chi connectivity index (χ0n) is 15.8. The lowest BCUT2D eigenvalue weighted by Gasteiger charge is -2.32. The Hall–Kier alpha value is -0.495. The van der Waals surface area contributed by atoms with Gasteiger partial charge >= 0.3 is 7.12 Å². The second-order valence-corrected chi connectivity index (χ2v) is 12.7. The van der Waals surface area contributed by atoms with Crippen LogP contribution in [0, 0.1) is 6.92 Å². The van der Waals surface area contributed by atoms with Crippen molar-refractivity contribution < 1.29 is 14.0 Å². The first-order valence-electron chi connectivity index (χ1n) is 8.05. The number of aryl methyl sites for hydroxylation is 1. The van der Waals surface area contributed by atoms with Gasteiger partial charge < -0.3 is 14.0 Å². The predicted molar refractivity (Wildman–Crippen MR) is 98.9 cm³/mol. The third-order valence-corrected chi connectivity index (χ3v) is 5.95. The molecule has 1 fully saturated rings. The Morgan fingerprint density at radius 1 is 1.17 bits per heavy atom. The van der Waals surface area contributed by atoms with E-state index in [4.69, 9.17) is 14.0 Å². The van der Waals surface area contributed by atoms with E-state index in [0.717, 1.165) is 23.5 Å². The van der Waals surface area contributed by atoms with Crippen molar-refractivity contribution in [2.75, 3.05) is 31.1 Å². The maximum absolute atomic E-state index is 6.10. The summed E-state index contributed by atoms with van der Waals surface area (Å²) in [5, 5.41) is 4.52. The Morgan fingerprint density at radius 3 is 2.26 bits per heavy atom. The number of nitrogens with zero attached hydrogens (tertiary/aromatic N) is 2. The van der Waals surface area contributed by atoms with Gasteiger partial charge in [-0.2, -0.15) is 5.10 Å². The summed E-state index contributed by atoms with van der Waals surface area (Å²) in [6.07, 6.45) is 8.86. The molecule has 5 nitrogen and oxygen atoms in total. The van der Waals surface area contributed by atoms with Crippen LogP contribution in [0.5, 0.6) is 0 Å². The molecule has 23 heavy (non-hydrogen) atoms. The van der Waals surface area contributed by atoms with Gasteiger partial charge in [-0.25, -0.2) is 14.7 Å². The van der Waals surface area contributed by atoms with E-state index >= 15 is 0 Å².